The molecule has 2 amide bonds. The fourth-order valence-electron chi connectivity index (χ4n) is 3.22. The summed E-state index contributed by atoms with van der Waals surface area (Å²) in [4.78, 5) is 14.4. The Labute approximate surface area is 139 Å². The van der Waals surface area contributed by atoms with Crippen molar-refractivity contribution in [1.29, 1.82) is 0 Å². The zero-order chi connectivity index (χ0) is 16.7. The molecule has 6 heteroatoms. The van der Waals surface area contributed by atoms with Crippen molar-refractivity contribution >= 4 is 16.8 Å². The van der Waals surface area contributed by atoms with Crippen LogP contribution >= 0.6 is 0 Å². The Bertz CT molecular complexity index is 661. The van der Waals surface area contributed by atoms with Crippen molar-refractivity contribution in [2.75, 3.05) is 18.9 Å². The zero-order valence-electron chi connectivity index (χ0n) is 14.1. The predicted molar refractivity (Wildman–Crippen MR) is 91.3 cm³/mol. The minimum absolute atomic E-state index is 0.00603. The lowest BCUT2D eigenvalue weighted by Gasteiger charge is -2.37. The van der Waals surface area contributed by atoms with E-state index in [0.29, 0.717) is 18.9 Å². The predicted octanol–water partition coefficient (Wildman–Crippen LogP) is 2.29. The number of carbonyl (C=O) groups is 1. The smallest absolute Gasteiger partial charge is 0.318 e. The van der Waals surface area contributed by atoms with Crippen LogP contribution in [0.1, 0.15) is 36.6 Å². The van der Waals surface area contributed by atoms with Gasteiger partial charge in [-0.1, -0.05) is 12.1 Å². The highest BCUT2D eigenvalue weighted by atomic mass is 32.2. The van der Waals surface area contributed by atoms with Crippen molar-refractivity contribution < 1.29 is 13.7 Å². The van der Waals surface area contributed by atoms with Gasteiger partial charge in [0.1, 0.15) is 12.4 Å². The van der Waals surface area contributed by atoms with Crippen LogP contribution in [-0.2, 0) is 10.8 Å². The van der Waals surface area contributed by atoms with Gasteiger partial charge in [-0.25, -0.2) is 4.79 Å². The standard InChI is InChI=1S/C17H24N2O3S/c1-10-5-6-14-15(9-22-16(14)11(10)2)18-17(20)19-7-8-23(21)13(4)12(19)3/h5-6,12-13,15H,7-9H2,1-4H3,(H,18,20)/t12-,13-,15-,23-/m0/s1. The van der Waals surface area contributed by atoms with Gasteiger partial charge in [0.2, 0.25) is 0 Å². The van der Waals surface area contributed by atoms with Crippen molar-refractivity contribution in [3.05, 3.63) is 28.8 Å². The largest absolute Gasteiger partial charge is 0.490 e. The van der Waals surface area contributed by atoms with E-state index in [-0.39, 0.29) is 23.4 Å². The molecular weight excluding hydrogens is 312 g/mol. The summed E-state index contributed by atoms with van der Waals surface area (Å²) in [5, 5.41) is 3.09. The topological polar surface area (TPSA) is 58.6 Å². The van der Waals surface area contributed by atoms with Crippen LogP contribution in [0.3, 0.4) is 0 Å². The summed E-state index contributed by atoms with van der Waals surface area (Å²) in [6, 6.07) is 3.86. The molecule has 1 aromatic rings. The van der Waals surface area contributed by atoms with Gasteiger partial charge in [-0.05, 0) is 38.8 Å². The molecule has 1 saturated heterocycles. The molecule has 0 aliphatic carbocycles. The lowest BCUT2D eigenvalue weighted by atomic mass is 10.0. The van der Waals surface area contributed by atoms with Gasteiger partial charge in [0.25, 0.3) is 0 Å². The monoisotopic (exact) mass is 336 g/mol. The van der Waals surface area contributed by atoms with Crippen LogP contribution in [0, 0.1) is 13.8 Å². The number of nitrogens with zero attached hydrogens (tertiary/aromatic N) is 1. The van der Waals surface area contributed by atoms with Gasteiger partial charge in [0.05, 0.1) is 11.3 Å². The van der Waals surface area contributed by atoms with Gasteiger partial charge < -0.3 is 15.0 Å². The van der Waals surface area contributed by atoms with Crippen molar-refractivity contribution in [2.45, 2.75) is 45.0 Å². The number of benzene rings is 1. The summed E-state index contributed by atoms with van der Waals surface area (Å²) in [6.45, 7) is 9.02. The molecule has 0 spiro atoms. The van der Waals surface area contributed by atoms with Crippen molar-refractivity contribution in [3.63, 3.8) is 0 Å². The first-order chi connectivity index (χ1) is 10.9. The number of carbonyl (C=O) groups excluding carboxylic acids is 1. The summed E-state index contributed by atoms with van der Waals surface area (Å²) in [5.41, 5.74) is 3.37. The lowest BCUT2D eigenvalue weighted by molar-refractivity contribution is 0.172. The molecule has 1 aromatic carbocycles. The van der Waals surface area contributed by atoms with E-state index in [1.165, 1.54) is 5.56 Å². The number of rotatable bonds is 1. The second kappa shape index (κ2) is 6.15. The van der Waals surface area contributed by atoms with Gasteiger partial charge in [-0.3, -0.25) is 4.21 Å². The van der Waals surface area contributed by atoms with Crippen molar-refractivity contribution in [2.24, 2.45) is 0 Å². The Morgan fingerprint density at radius 2 is 2.09 bits per heavy atom. The van der Waals surface area contributed by atoms with Crippen molar-refractivity contribution in [1.82, 2.24) is 10.2 Å². The van der Waals surface area contributed by atoms with Gasteiger partial charge in [0.15, 0.2) is 0 Å². The lowest BCUT2D eigenvalue weighted by Crippen LogP contribution is -2.55. The third-order valence-electron chi connectivity index (χ3n) is 5.15. The number of hydrogen-bond acceptors (Lipinski definition) is 3. The molecule has 4 atom stereocenters. The quantitative estimate of drug-likeness (QED) is 0.856. The van der Waals surface area contributed by atoms with Crippen LogP contribution in [0.5, 0.6) is 5.75 Å². The first-order valence-electron chi connectivity index (χ1n) is 8.07. The van der Waals surface area contributed by atoms with E-state index in [2.05, 4.69) is 18.3 Å². The molecule has 23 heavy (non-hydrogen) atoms. The number of ether oxygens (including phenoxy) is 1. The highest BCUT2D eigenvalue weighted by molar-refractivity contribution is 7.85. The second-order valence-electron chi connectivity index (χ2n) is 6.46. The molecule has 0 radical (unpaired) electrons. The van der Waals surface area contributed by atoms with Gasteiger partial charge in [0, 0.05) is 34.7 Å². The average molecular weight is 336 g/mol. The fraction of sp³-hybridized carbons (Fsp3) is 0.588. The molecule has 1 fully saturated rings. The first kappa shape index (κ1) is 16.3. The van der Waals surface area contributed by atoms with Gasteiger partial charge in [-0.15, -0.1) is 0 Å². The van der Waals surface area contributed by atoms with Crippen LogP contribution in [0.25, 0.3) is 0 Å². The molecule has 2 aliphatic heterocycles. The van der Waals surface area contributed by atoms with E-state index in [0.717, 1.165) is 16.9 Å². The average Bonchev–Trinajstić information content (AvgIpc) is 2.92. The van der Waals surface area contributed by atoms with Gasteiger partial charge >= 0.3 is 6.03 Å². The summed E-state index contributed by atoms with van der Waals surface area (Å²) in [5.74, 6) is 1.45. The minimum atomic E-state index is -0.845. The number of urea groups is 1. The van der Waals surface area contributed by atoms with Crippen molar-refractivity contribution in [3.8, 4) is 5.75 Å². The normalized spacial score (nSPS) is 29.8. The van der Waals surface area contributed by atoms with E-state index in [1.54, 1.807) is 4.90 Å². The number of fused-ring (bicyclic) bond motifs is 1. The maximum atomic E-state index is 12.6. The molecule has 5 nitrogen and oxygen atoms in total. The van der Waals surface area contributed by atoms with Crippen LogP contribution in [0.4, 0.5) is 4.79 Å². The van der Waals surface area contributed by atoms with E-state index >= 15 is 0 Å². The summed E-state index contributed by atoms with van der Waals surface area (Å²) in [6.07, 6.45) is 0. The van der Waals surface area contributed by atoms with E-state index in [9.17, 15) is 9.00 Å². The Morgan fingerprint density at radius 1 is 1.35 bits per heavy atom. The molecule has 0 unspecified atom stereocenters. The minimum Gasteiger partial charge on any atom is -0.490 e. The molecule has 3 rings (SSSR count). The molecule has 2 aliphatic rings. The third-order valence-corrected chi connectivity index (χ3v) is 6.96. The summed E-state index contributed by atoms with van der Waals surface area (Å²) in [7, 11) is -0.845. The van der Waals surface area contributed by atoms with Gasteiger partial charge in [-0.2, -0.15) is 0 Å². The van der Waals surface area contributed by atoms with E-state index in [4.69, 9.17) is 4.74 Å². The van der Waals surface area contributed by atoms with Crippen LogP contribution in [-0.4, -0.2) is 45.3 Å². The molecule has 0 saturated carbocycles. The van der Waals surface area contributed by atoms with Crippen LogP contribution < -0.4 is 10.1 Å². The SMILES string of the molecule is Cc1ccc2c(c1C)OC[C@@H]2NC(=O)N1CC[S@](=O)[C@@H](C)[C@@H]1C. The Balaban J connectivity index is 1.73. The molecule has 1 N–H and O–H groups in total. The summed E-state index contributed by atoms with van der Waals surface area (Å²) < 4.78 is 17.7. The maximum Gasteiger partial charge on any atom is 0.318 e. The maximum absolute atomic E-state index is 12.6. The highest BCUT2D eigenvalue weighted by Gasteiger charge is 2.35. The first-order valence-corrected chi connectivity index (χ1v) is 9.45. The van der Waals surface area contributed by atoms with Crippen LogP contribution in [0.15, 0.2) is 12.1 Å². The third kappa shape index (κ3) is 2.84. The highest BCUT2D eigenvalue weighted by Crippen LogP contribution is 2.36. The number of nitrogens with one attached hydrogen (secondary N) is 1. The number of hydrogen-bond donors (Lipinski definition) is 1. The molecule has 2 heterocycles. The molecule has 126 valence electrons. The van der Waals surface area contributed by atoms with E-state index in [1.807, 2.05) is 26.8 Å². The second-order valence-corrected chi connectivity index (χ2v) is 8.38. The molecular formula is C17H24N2O3S. The Hall–Kier alpha value is -1.56. The number of aryl methyl sites for hydroxylation is 1. The van der Waals surface area contributed by atoms with E-state index < -0.39 is 10.8 Å². The Morgan fingerprint density at radius 3 is 2.83 bits per heavy atom. The Kier molecular flexibility index (Phi) is 4.36. The molecule has 0 bridgehead atoms. The summed E-state index contributed by atoms with van der Waals surface area (Å²) >= 11 is 0. The fourth-order valence-corrected chi connectivity index (χ4v) is 4.56. The number of amides is 2. The van der Waals surface area contributed by atoms with Crippen LogP contribution in [0.2, 0.25) is 0 Å². The zero-order valence-corrected chi connectivity index (χ0v) is 14.9. The molecule has 0 aromatic heterocycles.